The third-order valence-electron chi connectivity index (χ3n) is 2.52. The molecule has 13 heavy (non-hydrogen) atoms. The summed E-state index contributed by atoms with van der Waals surface area (Å²) in [7, 11) is 0. The van der Waals surface area contributed by atoms with Crippen molar-refractivity contribution in [2.75, 3.05) is 6.61 Å². The molecule has 2 heterocycles. The van der Waals surface area contributed by atoms with Crippen LogP contribution >= 0.6 is 0 Å². The summed E-state index contributed by atoms with van der Waals surface area (Å²) in [4.78, 5) is 22.5. The molecule has 3 atom stereocenters. The number of ether oxygens (including phenoxy) is 1. The Balaban J connectivity index is 2.22. The Hall–Kier alpha value is -1.16. The monoisotopic (exact) mass is 181 g/mol. The number of imide groups is 1. The molecular formula is C9H11NO3. The van der Waals surface area contributed by atoms with E-state index in [-0.39, 0.29) is 29.8 Å². The molecule has 4 nitrogen and oxygen atoms in total. The summed E-state index contributed by atoms with van der Waals surface area (Å²) in [5, 5.41) is 2.32. The number of carbonyl (C=O) groups is 2. The van der Waals surface area contributed by atoms with Crippen molar-refractivity contribution in [1.82, 2.24) is 5.32 Å². The van der Waals surface area contributed by atoms with Gasteiger partial charge in [-0.1, -0.05) is 12.2 Å². The van der Waals surface area contributed by atoms with Gasteiger partial charge in [-0.2, -0.15) is 0 Å². The first-order valence-electron chi connectivity index (χ1n) is 4.33. The summed E-state index contributed by atoms with van der Waals surface area (Å²) < 4.78 is 5.33. The second kappa shape index (κ2) is 2.96. The van der Waals surface area contributed by atoms with E-state index < -0.39 is 0 Å². The van der Waals surface area contributed by atoms with E-state index in [1.807, 2.05) is 19.1 Å². The van der Waals surface area contributed by atoms with E-state index in [1.54, 1.807) is 0 Å². The molecule has 0 aromatic carbocycles. The Bertz CT molecular complexity index is 285. The van der Waals surface area contributed by atoms with Gasteiger partial charge in [-0.05, 0) is 6.92 Å². The number of amides is 2. The lowest BCUT2D eigenvalue weighted by Gasteiger charge is -2.08. The third kappa shape index (κ3) is 1.18. The topological polar surface area (TPSA) is 55.4 Å². The van der Waals surface area contributed by atoms with E-state index in [2.05, 4.69) is 5.32 Å². The van der Waals surface area contributed by atoms with Crippen LogP contribution in [0, 0.1) is 11.8 Å². The molecule has 1 N–H and O–H groups in total. The van der Waals surface area contributed by atoms with Crippen molar-refractivity contribution in [3.8, 4) is 0 Å². The van der Waals surface area contributed by atoms with Crippen LogP contribution in [-0.4, -0.2) is 24.5 Å². The first-order chi connectivity index (χ1) is 6.24. The van der Waals surface area contributed by atoms with Gasteiger partial charge in [-0.15, -0.1) is 0 Å². The van der Waals surface area contributed by atoms with Crippen molar-refractivity contribution in [2.24, 2.45) is 11.8 Å². The van der Waals surface area contributed by atoms with E-state index in [9.17, 15) is 9.59 Å². The van der Waals surface area contributed by atoms with Crippen molar-refractivity contribution < 1.29 is 14.3 Å². The van der Waals surface area contributed by atoms with Crippen molar-refractivity contribution in [3.05, 3.63) is 12.2 Å². The molecule has 2 saturated heterocycles. The van der Waals surface area contributed by atoms with E-state index in [1.165, 1.54) is 0 Å². The van der Waals surface area contributed by atoms with Crippen LogP contribution in [0.15, 0.2) is 12.2 Å². The molecule has 4 heteroatoms. The molecule has 0 saturated carbocycles. The van der Waals surface area contributed by atoms with Crippen molar-refractivity contribution in [2.45, 2.75) is 13.0 Å². The van der Waals surface area contributed by atoms with Crippen molar-refractivity contribution in [1.29, 1.82) is 0 Å². The van der Waals surface area contributed by atoms with Crippen LogP contribution in [0.5, 0.6) is 0 Å². The van der Waals surface area contributed by atoms with Crippen LogP contribution in [0.1, 0.15) is 6.92 Å². The largest absolute Gasteiger partial charge is 0.372 e. The minimum absolute atomic E-state index is 0.193. The quantitative estimate of drug-likeness (QED) is 0.452. The zero-order valence-corrected chi connectivity index (χ0v) is 7.32. The predicted molar refractivity (Wildman–Crippen MR) is 44.7 cm³/mol. The van der Waals surface area contributed by atoms with Gasteiger partial charge in [0, 0.05) is 0 Å². The zero-order valence-electron chi connectivity index (χ0n) is 7.32. The first kappa shape index (κ1) is 8.44. The molecule has 0 aliphatic carbocycles. The van der Waals surface area contributed by atoms with Gasteiger partial charge in [0.15, 0.2) is 0 Å². The van der Waals surface area contributed by atoms with E-state index in [0.29, 0.717) is 6.61 Å². The van der Waals surface area contributed by atoms with Gasteiger partial charge in [-0.3, -0.25) is 14.9 Å². The number of carbonyl (C=O) groups excluding carboxylic acids is 2. The average Bonchev–Trinajstić information content (AvgIpc) is 2.58. The van der Waals surface area contributed by atoms with Crippen LogP contribution in [-0.2, 0) is 14.3 Å². The molecule has 0 radical (unpaired) electrons. The summed E-state index contributed by atoms with van der Waals surface area (Å²) in [6.07, 6.45) is 3.44. The number of rotatable bonds is 1. The van der Waals surface area contributed by atoms with Gasteiger partial charge < -0.3 is 4.74 Å². The van der Waals surface area contributed by atoms with E-state index in [4.69, 9.17) is 4.74 Å². The molecule has 2 amide bonds. The lowest BCUT2D eigenvalue weighted by molar-refractivity contribution is -0.128. The standard InChI is InChI=1S/C9H11NO3/c1-2-3-6-7-5(4-13-6)8(11)10-9(7)12/h2-3,5-7H,4H2,1H3,(H,10,11,12)/b3-2-. The predicted octanol–water partition coefficient (Wildman–Crippen LogP) is -0.150. The number of fused-ring (bicyclic) bond motifs is 1. The maximum Gasteiger partial charge on any atom is 0.233 e. The van der Waals surface area contributed by atoms with Gasteiger partial charge in [0.05, 0.1) is 24.5 Å². The summed E-state index contributed by atoms with van der Waals surface area (Å²) in [5.74, 6) is -0.963. The van der Waals surface area contributed by atoms with Crippen molar-refractivity contribution >= 4 is 11.8 Å². The molecule has 2 rings (SSSR count). The van der Waals surface area contributed by atoms with Crippen molar-refractivity contribution in [3.63, 3.8) is 0 Å². The Morgan fingerprint density at radius 1 is 1.46 bits per heavy atom. The highest BCUT2D eigenvalue weighted by Gasteiger charge is 2.50. The van der Waals surface area contributed by atoms with E-state index >= 15 is 0 Å². The van der Waals surface area contributed by atoms with Gasteiger partial charge in [0.1, 0.15) is 0 Å². The molecular weight excluding hydrogens is 170 g/mol. The Morgan fingerprint density at radius 2 is 2.23 bits per heavy atom. The minimum atomic E-state index is -0.302. The number of hydrogen-bond donors (Lipinski definition) is 1. The average molecular weight is 181 g/mol. The Kier molecular flexibility index (Phi) is 1.92. The molecule has 0 spiro atoms. The summed E-state index contributed by atoms with van der Waals surface area (Å²) in [6.45, 7) is 2.22. The molecule has 0 bridgehead atoms. The van der Waals surface area contributed by atoms with Gasteiger partial charge in [0.25, 0.3) is 0 Å². The highest BCUT2D eigenvalue weighted by molar-refractivity contribution is 6.05. The van der Waals surface area contributed by atoms with Crippen LogP contribution in [0.2, 0.25) is 0 Å². The number of hydrogen-bond acceptors (Lipinski definition) is 3. The fraction of sp³-hybridized carbons (Fsp3) is 0.556. The Labute approximate surface area is 75.9 Å². The maximum absolute atomic E-state index is 11.3. The molecule has 0 aromatic rings. The second-order valence-electron chi connectivity index (χ2n) is 3.31. The van der Waals surface area contributed by atoms with Gasteiger partial charge in [-0.25, -0.2) is 0 Å². The minimum Gasteiger partial charge on any atom is -0.372 e. The highest BCUT2D eigenvalue weighted by atomic mass is 16.5. The molecule has 2 aliphatic heterocycles. The maximum atomic E-state index is 11.3. The van der Waals surface area contributed by atoms with Crippen LogP contribution in [0.25, 0.3) is 0 Å². The summed E-state index contributed by atoms with van der Waals surface area (Å²) in [6, 6.07) is 0. The van der Waals surface area contributed by atoms with Crippen LogP contribution < -0.4 is 5.32 Å². The fourth-order valence-electron chi connectivity index (χ4n) is 1.88. The molecule has 0 aromatic heterocycles. The fourth-order valence-corrected chi connectivity index (χ4v) is 1.88. The van der Waals surface area contributed by atoms with E-state index in [0.717, 1.165) is 0 Å². The zero-order chi connectivity index (χ0) is 9.42. The number of nitrogens with one attached hydrogen (secondary N) is 1. The molecule has 3 unspecified atom stereocenters. The summed E-state index contributed by atoms with van der Waals surface area (Å²) >= 11 is 0. The molecule has 2 fully saturated rings. The van der Waals surface area contributed by atoms with Crippen LogP contribution in [0.4, 0.5) is 0 Å². The van der Waals surface area contributed by atoms with Gasteiger partial charge in [0.2, 0.25) is 11.8 Å². The second-order valence-corrected chi connectivity index (χ2v) is 3.31. The first-order valence-corrected chi connectivity index (χ1v) is 4.33. The van der Waals surface area contributed by atoms with Crippen LogP contribution in [0.3, 0.4) is 0 Å². The third-order valence-corrected chi connectivity index (χ3v) is 2.52. The SMILES string of the molecule is C/C=C\C1OCC2C(=O)NC(=O)C12. The summed E-state index contributed by atoms with van der Waals surface area (Å²) in [5.41, 5.74) is 0. The highest BCUT2D eigenvalue weighted by Crippen LogP contribution is 2.32. The normalized spacial score (nSPS) is 38.4. The Morgan fingerprint density at radius 3 is 2.92 bits per heavy atom. The van der Waals surface area contributed by atoms with Gasteiger partial charge >= 0.3 is 0 Å². The lowest BCUT2D eigenvalue weighted by atomic mass is 9.93. The molecule has 70 valence electrons. The smallest absolute Gasteiger partial charge is 0.233 e. The number of allylic oxidation sites excluding steroid dienone is 1. The lowest BCUT2D eigenvalue weighted by Crippen LogP contribution is -2.28. The molecule has 2 aliphatic rings.